The summed E-state index contributed by atoms with van der Waals surface area (Å²) in [6.45, 7) is 0. The average molecular weight is 244 g/mol. The topological polar surface area (TPSA) is 64.1 Å². The number of alkyl halides is 2. The van der Waals surface area contributed by atoms with E-state index in [1.165, 1.54) is 0 Å². The maximum Gasteiger partial charge on any atom is 0.425 e. The molecule has 1 aromatic heterocycles. The van der Waals surface area contributed by atoms with Gasteiger partial charge in [0.25, 0.3) is 0 Å². The fourth-order valence-corrected chi connectivity index (χ4v) is 0.313. The smallest absolute Gasteiger partial charge is 0.265 e. The maximum absolute atomic E-state index is 8.44. The van der Waals surface area contributed by atoms with Crippen LogP contribution in [-0.2, 0) is 10.6 Å². The summed E-state index contributed by atoms with van der Waals surface area (Å²) in [4.78, 5) is 3.78. The Morgan fingerprint density at radius 1 is 1.00 bits per heavy atom. The highest BCUT2D eigenvalue weighted by molar-refractivity contribution is 7.59. The van der Waals surface area contributed by atoms with Gasteiger partial charge in [-0.05, 0) is 12.1 Å². The van der Waals surface area contributed by atoms with Gasteiger partial charge in [0, 0.05) is 12.4 Å². The predicted molar refractivity (Wildman–Crippen MR) is 50.5 cm³/mol. The van der Waals surface area contributed by atoms with E-state index in [2.05, 4.69) is 4.98 Å². The van der Waals surface area contributed by atoms with Crippen molar-refractivity contribution >= 4 is 33.8 Å². The molecular weight excluding hydrogens is 237 g/mol. The predicted octanol–water partition coefficient (Wildman–Crippen LogP) is 1.50. The van der Waals surface area contributed by atoms with Gasteiger partial charge in [0.2, 0.25) is 0 Å². The minimum Gasteiger partial charge on any atom is -0.265 e. The van der Waals surface area contributed by atoms with Gasteiger partial charge in [-0.15, -0.1) is 35.8 Å². The zero-order valence-corrected chi connectivity index (χ0v) is 8.76. The van der Waals surface area contributed by atoms with Crippen LogP contribution in [0.4, 0.5) is 0 Å². The molecule has 13 heavy (non-hydrogen) atoms. The van der Waals surface area contributed by atoms with Gasteiger partial charge in [0.15, 0.2) is 0 Å². The molecule has 0 bridgehead atoms. The molecule has 4 nitrogen and oxygen atoms in total. The lowest BCUT2D eigenvalue weighted by molar-refractivity contribution is 0.559. The zero-order valence-electron chi connectivity index (χ0n) is 6.43. The molecule has 0 atom stereocenters. The third-order valence-corrected chi connectivity index (χ3v) is 0.566. The molecular formula is C6H7Cl2NO3S. The number of hydrogen-bond acceptors (Lipinski definition) is 4. The Bertz CT molecular complexity index is 242. The summed E-state index contributed by atoms with van der Waals surface area (Å²) in [7, 11) is -3.11. The second-order valence-electron chi connectivity index (χ2n) is 1.33. The summed E-state index contributed by atoms with van der Waals surface area (Å²) in [6, 6.07) is 5.72. The van der Waals surface area contributed by atoms with E-state index in [0.29, 0.717) is 0 Å². The molecule has 0 unspecified atom stereocenters. The maximum atomic E-state index is 8.44. The summed E-state index contributed by atoms with van der Waals surface area (Å²) in [6.07, 6.45) is 3.50. The molecule has 1 aromatic rings. The van der Waals surface area contributed by atoms with Crippen LogP contribution >= 0.6 is 23.2 Å². The first-order valence-electron chi connectivity index (χ1n) is 2.88. The number of aromatic nitrogens is 1. The molecule has 0 aliphatic carbocycles. The Morgan fingerprint density at radius 3 is 1.38 bits per heavy atom. The first-order chi connectivity index (χ1) is 6.15. The summed E-state index contributed by atoms with van der Waals surface area (Å²) in [5.74, 6) is 0. The van der Waals surface area contributed by atoms with Crippen molar-refractivity contribution in [3.8, 4) is 0 Å². The van der Waals surface area contributed by atoms with Gasteiger partial charge < -0.3 is 0 Å². The highest BCUT2D eigenvalue weighted by Crippen LogP contribution is 1.73. The van der Waals surface area contributed by atoms with E-state index in [0.717, 1.165) is 0 Å². The molecule has 1 heterocycles. The molecule has 0 aromatic carbocycles. The normalized spacial score (nSPS) is 6.92. The van der Waals surface area contributed by atoms with Crippen LogP contribution in [0.3, 0.4) is 0 Å². The first kappa shape index (κ1) is 14.9. The highest BCUT2D eigenvalue weighted by atomic mass is 35.5. The van der Waals surface area contributed by atoms with E-state index in [1.807, 2.05) is 18.2 Å². The average Bonchev–Trinajstić information content (AvgIpc) is 2.08. The van der Waals surface area contributed by atoms with Gasteiger partial charge in [0.05, 0.1) is 5.34 Å². The molecule has 0 saturated carbocycles. The third-order valence-electron chi connectivity index (χ3n) is 0.566. The van der Waals surface area contributed by atoms with E-state index >= 15 is 0 Å². The van der Waals surface area contributed by atoms with Crippen LogP contribution < -0.4 is 0 Å². The Kier molecular flexibility index (Phi) is 15.9. The quantitative estimate of drug-likeness (QED) is 0.648. The zero-order chi connectivity index (χ0) is 10.5. The molecule has 0 aliphatic rings. The Morgan fingerprint density at radius 2 is 1.31 bits per heavy atom. The molecule has 1 rings (SSSR count). The summed E-state index contributed by atoms with van der Waals surface area (Å²) in [5.41, 5.74) is 0. The van der Waals surface area contributed by atoms with Crippen LogP contribution in [0.15, 0.2) is 30.6 Å². The SMILES string of the molecule is ClCCl.O=S(=O)=O.c1ccncc1. The fourth-order valence-electron chi connectivity index (χ4n) is 0.313. The minimum absolute atomic E-state index is 0.194. The minimum atomic E-state index is -3.11. The van der Waals surface area contributed by atoms with Gasteiger partial charge in [-0.1, -0.05) is 6.07 Å². The molecule has 0 fully saturated rings. The van der Waals surface area contributed by atoms with Crippen LogP contribution in [0.25, 0.3) is 0 Å². The van der Waals surface area contributed by atoms with Crippen molar-refractivity contribution in [3.63, 3.8) is 0 Å². The van der Waals surface area contributed by atoms with Gasteiger partial charge in [0.1, 0.15) is 0 Å². The number of hydrogen-bond donors (Lipinski definition) is 0. The van der Waals surface area contributed by atoms with Crippen molar-refractivity contribution in [2.45, 2.75) is 0 Å². The summed E-state index contributed by atoms with van der Waals surface area (Å²) in [5, 5.41) is 0.194. The first-order valence-corrected chi connectivity index (χ1v) is 4.95. The van der Waals surface area contributed by atoms with Gasteiger partial charge in [-0.25, -0.2) is 0 Å². The molecule has 7 heteroatoms. The van der Waals surface area contributed by atoms with Crippen molar-refractivity contribution in [1.82, 2.24) is 4.98 Å². The van der Waals surface area contributed by atoms with Crippen molar-refractivity contribution in [2.75, 3.05) is 5.34 Å². The van der Waals surface area contributed by atoms with Crippen LogP contribution in [0.2, 0.25) is 0 Å². The van der Waals surface area contributed by atoms with Crippen molar-refractivity contribution in [3.05, 3.63) is 30.6 Å². The van der Waals surface area contributed by atoms with Crippen LogP contribution in [0.1, 0.15) is 0 Å². The fraction of sp³-hybridized carbons (Fsp3) is 0.167. The largest absolute Gasteiger partial charge is 0.425 e. The molecule has 0 N–H and O–H groups in total. The second-order valence-corrected chi connectivity index (χ2v) is 2.55. The molecule has 0 amide bonds. The standard InChI is InChI=1S/C5H5N.CH2Cl2.O3S/c1-2-4-6-5-3-1;2-1-3;1-4(2)3/h1-5H;1H2;. The van der Waals surface area contributed by atoms with E-state index in [1.54, 1.807) is 12.4 Å². The van der Waals surface area contributed by atoms with E-state index < -0.39 is 10.6 Å². The van der Waals surface area contributed by atoms with Crippen LogP contribution in [0, 0.1) is 0 Å². The lowest BCUT2D eigenvalue weighted by Crippen LogP contribution is -1.58. The number of nitrogens with zero attached hydrogens (tertiary/aromatic N) is 1. The van der Waals surface area contributed by atoms with Crippen LogP contribution in [0.5, 0.6) is 0 Å². The lowest BCUT2D eigenvalue weighted by atomic mass is 10.5. The van der Waals surface area contributed by atoms with Crippen molar-refractivity contribution < 1.29 is 12.6 Å². The number of rotatable bonds is 0. The Hall–Kier alpha value is -0.650. The highest BCUT2D eigenvalue weighted by Gasteiger charge is 1.58. The third kappa shape index (κ3) is 34.7. The molecule has 0 spiro atoms. The summed E-state index contributed by atoms with van der Waals surface area (Å²) < 4.78 is 25.3. The molecule has 0 aliphatic heterocycles. The van der Waals surface area contributed by atoms with E-state index in [9.17, 15) is 0 Å². The Labute approximate surface area is 87.6 Å². The molecule has 74 valence electrons. The molecule has 0 saturated heterocycles. The van der Waals surface area contributed by atoms with Crippen molar-refractivity contribution in [1.29, 1.82) is 0 Å². The van der Waals surface area contributed by atoms with E-state index in [-0.39, 0.29) is 5.34 Å². The summed E-state index contributed by atoms with van der Waals surface area (Å²) >= 11 is 9.53. The van der Waals surface area contributed by atoms with Gasteiger partial charge in [-0.2, -0.15) is 0 Å². The van der Waals surface area contributed by atoms with Gasteiger partial charge >= 0.3 is 10.6 Å². The monoisotopic (exact) mass is 243 g/mol. The van der Waals surface area contributed by atoms with Gasteiger partial charge in [-0.3, -0.25) is 4.98 Å². The number of pyridine rings is 1. The molecule has 0 radical (unpaired) electrons. The van der Waals surface area contributed by atoms with E-state index in [4.69, 9.17) is 35.8 Å². The Balaban J connectivity index is 0. The number of halogens is 2. The second kappa shape index (κ2) is 13.9. The lowest BCUT2D eigenvalue weighted by Gasteiger charge is -1.70. The van der Waals surface area contributed by atoms with Crippen LogP contribution in [-0.4, -0.2) is 22.9 Å². The van der Waals surface area contributed by atoms with Crippen molar-refractivity contribution in [2.24, 2.45) is 0 Å².